The van der Waals surface area contributed by atoms with Crippen LogP contribution in [0, 0.1) is 13.8 Å². The molecule has 0 aliphatic heterocycles. The summed E-state index contributed by atoms with van der Waals surface area (Å²) in [7, 11) is 3.00. The standard InChI is InChI=1S/C11H14N4O2/c1-7-5-10-12-6-9(8(2)15(10)13-7)11(16)14(3)17-4/h5-6H,1-4H3. The maximum absolute atomic E-state index is 12.0. The first kappa shape index (κ1) is 11.5. The van der Waals surface area contributed by atoms with Gasteiger partial charge in [-0.2, -0.15) is 5.10 Å². The molecule has 0 aromatic carbocycles. The van der Waals surface area contributed by atoms with Crippen LogP contribution in [0.1, 0.15) is 21.7 Å². The number of rotatable bonds is 2. The summed E-state index contributed by atoms with van der Waals surface area (Å²) in [6, 6.07) is 1.86. The van der Waals surface area contributed by atoms with Crippen molar-refractivity contribution in [2.24, 2.45) is 0 Å². The highest BCUT2D eigenvalue weighted by atomic mass is 16.7. The molecule has 0 saturated heterocycles. The molecule has 0 aliphatic rings. The van der Waals surface area contributed by atoms with E-state index < -0.39 is 0 Å². The first-order valence-electron chi connectivity index (χ1n) is 5.18. The van der Waals surface area contributed by atoms with Gasteiger partial charge in [-0.3, -0.25) is 9.63 Å². The maximum atomic E-state index is 12.0. The molecular formula is C11H14N4O2. The lowest BCUT2D eigenvalue weighted by molar-refractivity contribution is -0.0758. The molecule has 0 radical (unpaired) electrons. The van der Waals surface area contributed by atoms with E-state index in [0.717, 1.165) is 22.1 Å². The third-order valence-corrected chi connectivity index (χ3v) is 2.64. The molecule has 0 fully saturated rings. The predicted molar refractivity (Wildman–Crippen MR) is 61.6 cm³/mol. The van der Waals surface area contributed by atoms with Gasteiger partial charge in [0.05, 0.1) is 24.1 Å². The van der Waals surface area contributed by atoms with Crippen molar-refractivity contribution in [3.8, 4) is 0 Å². The zero-order chi connectivity index (χ0) is 12.6. The topological polar surface area (TPSA) is 59.7 Å². The van der Waals surface area contributed by atoms with Crippen LogP contribution in [0.5, 0.6) is 0 Å². The lowest BCUT2D eigenvalue weighted by Crippen LogP contribution is -2.27. The lowest BCUT2D eigenvalue weighted by Gasteiger charge is -2.14. The second-order valence-electron chi connectivity index (χ2n) is 3.80. The number of aromatic nitrogens is 3. The molecular weight excluding hydrogens is 220 g/mol. The number of nitrogens with zero attached hydrogens (tertiary/aromatic N) is 4. The highest BCUT2D eigenvalue weighted by Crippen LogP contribution is 2.12. The van der Waals surface area contributed by atoms with Gasteiger partial charge in [0.15, 0.2) is 5.65 Å². The minimum Gasteiger partial charge on any atom is -0.274 e. The zero-order valence-corrected chi connectivity index (χ0v) is 10.3. The highest BCUT2D eigenvalue weighted by molar-refractivity contribution is 5.94. The molecule has 6 heteroatoms. The van der Waals surface area contributed by atoms with E-state index >= 15 is 0 Å². The molecule has 17 heavy (non-hydrogen) atoms. The minimum absolute atomic E-state index is 0.243. The monoisotopic (exact) mass is 234 g/mol. The molecule has 90 valence electrons. The van der Waals surface area contributed by atoms with Gasteiger partial charge in [-0.25, -0.2) is 14.6 Å². The summed E-state index contributed by atoms with van der Waals surface area (Å²) in [5.41, 5.74) is 2.82. The van der Waals surface area contributed by atoms with E-state index in [1.54, 1.807) is 17.8 Å². The lowest BCUT2D eigenvalue weighted by atomic mass is 10.2. The Bertz CT molecular complexity index is 576. The van der Waals surface area contributed by atoms with E-state index in [9.17, 15) is 4.79 Å². The molecule has 0 aliphatic carbocycles. The first-order valence-corrected chi connectivity index (χ1v) is 5.18. The average molecular weight is 234 g/mol. The molecule has 2 heterocycles. The second kappa shape index (κ2) is 4.14. The van der Waals surface area contributed by atoms with Crippen molar-refractivity contribution in [2.75, 3.05) is 14.2 Å². The largest absolute Gasteiger partial charge is 0.280 e. The molecule has 0 spiro atoms. The Balaban J connectivity index is 2.56. The highest BCUT2D eigenvalue weighted by Gasteiger charge is 2.17. The second-order valence-corrected chi connectivity index (χ2v) is 3.80. The molecule has 2 aromatic heterocycles. The molecule has 6 nitrogen and oxygen atoms in total. The van der Waals surface area contributed by atoms with Gasteiger partial charge < -0.3 is 0 Å². The van der Waals surface area contributed by atoms with Crippen molar-refractivity contribution in [3.05, 3.63) is 29.2 Å². The quantitative estimate of drug-likeness (QED) is 0.727. The predicted octanol–water partition coefficient (Wildman–Crippen LogP) is 0.980. The summed E-state index contributed by atoms with van der Waals surface area (Å²) in [4.78, 5) is 21.0. The van der Waals surface area contributed by atoms with Crippen LogP contribution in [-0.4, -0.2) is 39.7 Å². The number of fused-ring (bicyclic) bond motifs is 1. The molecule has 1 amide bonds. The fourth-order valence-corrected chi connectivity index (χ4v) is 1.63. The molecule has 0 saturated carbocycles. The van der Waals surface area contributed by atoms with Gasteiger partial charge in [0.2, 0.25) is 0 Å². The first-order chi connectivity index (χ1) is 8.04. The fraction of sp³-hybridized carbons (Fsp3) is 0.364. The zero-order valence-electron chi connectivity index (χ0n) is 10.3. The Kier molecular flexibility index (Phi) is 2.81. The number of hydrogen-bond donors (Lipinski definition) is 0. The number of hydroxylamine groups is 2. The summed E-state index contributed by atoms with van der Waals surface area (Å²) in [6.07, 6.45) is 1.55. The molecule has 0 N–H and O–H groups in total. The van der Waals surface area contributed by atoms with Gasteiger partial charge in [0.1, 0.15) is 0 Å². The van der Waals surface area contributed by atoms with Crippen molar-refractivity contribution in [1.82, 2.24) is 19.7 Å². The number of hydrogen-bond acceptors (Lipinski definition) is 4. The van der Waals surface area contributed by atoms with Gasteiger partial charge >= 0.3 is 0 Å². The number of carbonyl (C=O) groups excluding carboxylic acids is 1. The van der Waals surface area contributed by atoms with Gasteiger partial charge in [-0.15, -0.1) is 0 Å². The third-order valence-electron chi connectivity index (χ3n) is 2.64. The number of carbonyl (C=O) groups is 1. The van der Waals surface area contributed by atoms with Crippen molar-refractivity contribution >= 4 is 11.6 Å². The molecule has 0 unspecified atom stereocenters. The summed E-state index contributed by atoms with van der Waals surface area (Å²) in [6.45, 7) is 3.72. The summed E-state index contributed by atoms with van der Waals surface area (Å²) < 4.78 is 1.66. The van der Waals surface area contributed by atoms with E-state index in [2.05, 4.69) is 10.1 Å². The molecule has 2 aromatic rings. The van der Waals surface area contributed by atoms with Gasteiger partial charge in [-0.05, 0) is 13.8 Å². The van der Waals surface area contributed by atoms with Crippen LogP contribution in [0.15, 0.2) is 12.3 Å². The van der Waals surface area contributed by atoms with Crippen LogP contribution in [0.3, 0.4) is 0 Å². The van der Waals surface area contributed by atoms with Crippen molar-refractivity contribution < 1.29 is 9.63 Å². The Morgan fingerprint density at radius 2 is 2.18 bits per heavy atom. The maximum Gasteiger partial charge on any atom is 0.280 e. The van der Waals surface area contributed by atoms with E-state index in [4.69, 9.17) is 4.84 Å². The summed E-state index contributed by atoms with van der Waals surface area (Å²) in [5, 5.41) is 5.44. The van der Waals surface area contributed by atoms with Crippen molar-refractivity contribution in [1.29, 1.82) is 0 Å². The van der Waals surface area contributed by atoms with E-state index in [-0.39, 0.29) is 5.91 Å². The van der Waals surface area contributed by atoms with E-state index in [1.165, 1.54) is 7.11 Å². The van der Waals surface area contributed by atoms with E-state index in [1.807, 2.05) is 19.9 Å². The van der Waals surface area contributed by atoms with Gasteiger partial charge in [-0.1, -0.05) is 0 Å². The minimum atomic E-state index is -0.243. The number of aryl methyl sites for hydroxylation is 2. The summed E-state index contributed by atoms with van der Waals surface area (Å²) in [5.74, 6) is -0.243. The molecule has 0 bridgehead atoms. The fourth-order valence-electron chi connectivity index (χ4n) is 1.63. The Hall–Kier alpha value is -1.95. The van der Waals surface area contributed by atoms with Crippen molar-refractivity contribution in [3.63, 3.8) is 0 Å². The molecule has 2 rings (SSSR count). The van der Waals surface area contributed by atoms with Crippen LogP contribution in [-0.2, 0) is 4.84 Å². The Labute approximate surface area is 98.8 Å². The Morgan fingerprint density at radius 3 is 2.82 bits per heavy atom. The SMILES string of the molecule is CON(C)C(=O)c1cnc2cc(C)nn2c1C. The smallest absolute Gasteiger partial charge is 0.274 e. The van der Waals surface area contributed by atoms with Crippen LogP contribution >= 0.6 is 0 Å². The number of amides is 1. The molecule has 0 atom stereocenters. The van der Waals surface area contributed by atoms with Crippen LogP contribution in [0.4, 0.5) is 0 Å². The van der Waals surface area contributed by atoms with Crippen LogP contribution in [0.2, 0.25) is 0 Å². The third kappa shape index (κ3) is 1.87. The normalized spacial score (nSPS) is 10.8. The van der Waals surface area contributed by atoms with Gasteiger partial charge in [0.25, 0.3) is 5.91 Å². The Morgan fingerprint density at radius 1 is 1.47 bits per heavy atom. The summed E-state index contributed by atoms with van der Waals surface area (Å²) >= 11 is 0. The van der Waals surface area contributed by atoms with Crippen molar-refractivity contribution in [2.45, 2.75) is 13.8 Å². The van der Waals surface area contributed by atoms with E-state index in [0.29, 0.717) is 5.56 Å². The van der Waals surface area contributed by atoms with Gasteiger partial charge in [0, 0.05) is 19.3 Å². The van der Waals surface area contributed by atoms with Crippen LogP contribution < -0.4 is 0 Å². The average Bonchev–Trinajstić information content (AvgIpc) is 2.69. The van der Waals surface area contributed by atoms with Crippen LogP contribution in [0.25, 0.3) is 5.65 Å².